The van der Waals surface area contributed by atoms with Crippen LogP contribution in [0.25, 0.3) is 0 Å². The average Bonchev–Trinajstić information content (AvgIpc) is 2.52. The number of carboxylic acids is 1. The van der Waals surface area contributed by atoms with E-state index >= 15 is 0 Å². The van der Waals surface area contributed by atoms with Gasteiger partial charge in [-0.15, -0.1) is 0 Å². The van der Waals surface area contributed by atoms with Gasteiger partial charge >= 0.3 is 11.9 Å². The molecule has 0 bridgehead atoms. The monoisotopic (exact) mass is 348 g/mol. The number of aliphatic hydroxyl groups excluding tert-OH is 5. The third-order valence-electron chi connectivity index (χ3n) is 3.93. The molecule has 0 spiro atoms. The summed E-state index contributed by atoms with van der Waals surface area (Å²) >= 11 is 0. The number of hydrogen-bond donors (Lipinski definition) is 6. The number of alkyl halides is 1. The molecule has 2 aliphatic rings. The largest absolute Gasteiger partial charge is 0.478 e. The second-order valence-corrected chi connectivity index (χ2v) is 5.62. The highest BCUT2D eigenvalue weighted by Crippen LogP contribution is 2.27. The molecule has 0 radical (unpaired) electrons. The molecule has 10 heteroatoms. The van der Waals surface area contributed by atoms with E-state index in [9.17, 15) is 39.5 Å². The Balaban J connectivity index is 2.20. The first-order valence-electron chi connectivity index (χ1n) is 7.04. The lowest BCUT2D eigenvalue weighted by Gasteiger charge is -2.32. The molecular weight excluding hydrogens is 331 g/mol. The second-order valence-electron chi connectivity index (χ2n) is 5.62. The van der Waals surface area contributed by atoms with Crippen molar-refractivity contribution >= 4 is 11.9 Å². The summed E-state index contributed by atoms with van der Waals surface area (Å²) in [5.41, 5.74) is -1.08. The maximum Gasteiger partial charge on any atom is 0.337 e. The van der Waals surface area contributed by atoms with Crippen molar-refractivity contribution in [2.75, 3.05) is 0 Å². The van der Waals surface area contributed by atoms with E-state index in [-0.39, 0.29) is 12.0 Å². The van der Waals surface area contributed by atoms with Crippen LogP contribution in [-0.4, -0.2) is 85.4 Å². The van der Waals surface area contributed by atoms with E-state index in [0.29, 0.717) is 6.08 Å². The Kier molecular flexibility index (Phi) is 5.35. The van der Waals surface area contributed by atoms with E-state index < -0.39 is 60.3 Å². The Morgan fingerprint density at radius 2 is 1.67 bits per heavy atom. The van der Waals surface area contributed by atoms with Crippen molar-refractivity contribution < 1.29 is 49.4 Å². The Morgan fingerprint density at radius 1 is 1.04 bits per heavy atom. The maximum atomic E-state index is 13.9. The zero-order valence-corrected chi connectivity index (χ0v) is 12.2. The molecule has 0 aromatic rings. The fourth-order valence-electron chi connectivity index (χ4n) is 2.50. The molecule has 0 saturated carbocycles. The first kappa shape index (κ1) is 18.5. The molecule has 0 aliphatic heterocycles. The van der Waals surface area contributed by atoms with Gasteiger partial charge in [-0.2, -0.15) is 0 Å². The highest BCUT2D eigenvalue weighted by atomic mass is 19.1. The molecule has 9 nitrogen and oxygen atoms in total. The van der Waals surface area contributed by atoms with E-state index in [1.165, 1.54) is 0 Å². The normalized spacial score (nSPS) is 39.7. The second kappa shape index (κ2) is 6.95. The lowest BCUT2D eigenvalue weighted by Crippen LogP contribution is -2.49. The number of aliphatic carboxylic acids is 1. The molecule has 7 atom stereocenters. The topological polar surface area (TPSA) is 165 Å². The standard InChI is InChI=1S/C14H17FO9/c15-9-5(3-7(17)11(19)12(9)20)14(23)24-8-2-4(13(21)22)1-6(16)10(8)18/h2-3,6-12,16-20H,1H2,(H,21,22)/t6?,7?,8?,9-,10?,11?,12?/m1/s1. The van der Waals surface area contributed by atoms with Crippen LogP contribution in [0.5, 0.6) is 0 Å². The Hall–Kier alpha value is -1.85. The van der Waals surface area contributed by atoms with Gasteiger partial charge in [0.05, 0.1) is 11.7 Å². The SMILES string of the molecule is O=C(O)C1=CC(OC(=O)C2=CC(O)C(O)C(O)[C@@H]2F)C(O)C(O)C1. The number of carboxylic acid groups (broad SMARTS) is 1. The minimum absolute atomic E-state index is 0.296. The zero-order valence-electron chi connectivity index (χ0n) is 12.2. The number of carbonyl (C=O) groups is 2. The van der Waals surface area contributed by atoms with Crippen LogP contribution in [0.1, 0.15) is 6.42 Å². The fourth-order valence-corrected chi connectivity index (χ4v) is 2.50. The van der Waals surface area contributed by atoms with Crippen molar-refractivity contribution in [1.82, 2.24) is 0 Å². The van der Waals surface area contributed by atoms with Gasteiger partial charge in [-0.25, -0.2) is 14.0 Å². The highest BCUT2D eigenvalue weighted by molar-refractivity contribution is 5.91. The van der Waals surface area contributed by atoms with E-state index in [0.717, 1.165) is 6.08 Å². The van der Waals surface area contributed by atoms with Gasteiger partial charge in [0.15, 0.2) is 6.17 Å². The van der Waals surface area contributed by atoms with Crippen LogP contribution in [-0.2, 0) is 14.3 Å². The lowest BCUT2D eigenvalue weighted by molar-refractivity contribution is -0.155. The van der Waals surface area contributed by atoms with Crippen LogP contribution >= 0.6 is 0 Å². The molecule has 134 valence electrons. The van der Waals surface area contributed by atoms with E-state index in [1.54, 1.807) is 0 Å². The van der Waals surface area contributed by atoms with Crippen molar-refractivity contribution in [3.63, 3.8) is 0 Å². The number of ether oxygens (including phenoxy) is 1. The van der Waals surface area contributed by atoms with E-state index in [4.69, 9.17) is 9.84 Å². The molecule has 0 heterocycles. The minimum atomic E-state index is -2.34. The van der Waals surface area contributed by atoms with Crippen molar-refractivity contribution in [1.29, 1.82) is 0 Å². The third kappa shape index (κ3) is 3.47. The summed E-state index contributed by atoms with van der Waals surface area (Å²) in [7, 11) is 0. The number of aliphatic hydroxyl groups is 5. The van der Waals surface area contributed by atoms with Gasteiger partial charge in [-0.3, -0.25) is 0 Å². The number of halogens is 1. The number of hydrogen-bond acceptors (Lipinski definition) is 8. The highest BCUT2D eigenvalue weighted by Gasteiger charge is 2.42. The molecule has 6 N–H and O–H groups in total. The van der Waals surface area contributed by atoms with E-state index in [1.807, 2.05) is 0 Å². The summed E-state index contributed by atoms with van der Waals surface area (Å²) in [5, 5.41) is 56.5. The zero-order chi connectivity index (χ0) is 18.2. The summed E-state index contributed by atoms with van der Waals surface area (Å²) in [4.78, 5) is 22.9. The molecule has 2 aliphatic carbocycles. The summed E-state index contributed by atoms with van der Waals surface area (Å²) in [5.74, 6) is -2.75. The number of esters is 1. The van der Waals surface area contributed by atoms with Crippen molar-refractivity contribution in [3.05, 3.63) is 23.3 Å². The summed E-state index contributed by atoms with van der Waals surface area (Å²) in [6, 6.07) is 0. The van der Waals surface area contributed by atoms with Crippen LogP contribution < -0.4 is 0 Å². The Labute approximate surface area is 134 Å². The minimum Gasteiger partial charge on any atom is -0.478 e. The summed E-state index contributed by atoms with van der Waals surface area (Å²) in [6.45, 7) is 0. The first-order chi connectivity index (χ1) is 11.1. The Bertz CT molecular complexity index is 587. The predicted molar refractivity (Wildman–Crippen MR) is 73.2 cm³/mol. The smallest absolute Gasteiger partial charge is 0.337 e. The van der Waals surface area contributed by atoms with Gasteiger partial charge in [0, 0.05) is 12.0 Å². The quantitative estimate of drug-likeness (QED) is 0.300. The molecule has 6 unspecified atom stereocenters. The van der Waals surface area contributed by atoms with Gasteiger partial charge in [0.2, 0.25) is 0 Å². The first-order valence-corrected chi connectivity index (χ1v) is 7.04. The lowest BCUT2D eigenvalue weighted by atomic mass is 9.90. The average molecular weight is 348 g/mol. The van der Waals surface area contributed by atoms with Gasteiger partial charge in [0.25, 0.3) is 0 Å². The number of carbonyl (C=O) groups excluding carboxylic acids is 1. The van der Waals surface area contributed by atoms with Gasteiger partial charge in [0.1, 0.15) is 30.5 Å². The Morgan fingerprint density at radius 3 is 2.25 bits per heavy atom. The van der Waals surface area contributed by atoms with Crippen LogP contribution in [0, 0.1) is 0 Å². The molecule has 0 aromatic heterocycles. The molecule has 0 saturated heterocycles. The summed E-state index contributed by atoms with van der Waals surface area (Å²) in [6.07, 6.45) is -11.4. The van der Waals surface area contributed by atoms with Crippen LogP contribution in [0.4, 0.5) is 4.39 Å². The van der Waals surface area contributed by atoms with Gasteiger partial charge < -0.3 is 35.4 Å². The van der Waals surface area contributed by atoms with Crippen molar-refractivity contribution in [2.45, 2.75) is 49.2 Å². The third-order valence-corrected chi connectivity index (χ3v) is 3.93. The molecule has 24 heavy (non-hydrogen) atoms. The van der Waals surface area contributed by atoms with Crippen LogP contribution in [0.15, 0.2) is 23.3 Å². The van der Waals surface area contributed by atoms with Crippen LogP contribution in [0.2, 0.25) is 0 Å². The molecule has 2 rings (SSSR count). The summed E-state index contributed by atoms with van der Waals surface area (Å²) < 4.78 is 18.7. The molecular formula is C14H17FO9. The van der Waals surface area contributed by atoms with Gasteiger partial charge in [-0.05, 0) is 12.2 Å². The van der Waals surface area contributed by atoms with Crippen molar-refractivity contribution in [3.8, 4) is 0 Å². The molecule has 0 amide bonds. The van der Waals surface area contributed by atoms with Gasteiger partial charge in [-0.1, -0.05) is 0 Å². The molecule has 0 fully saturated rings. The van der Waals surface area contributed by atoms with Crippen LogP contribution in [0.3, 0.4) is 0 Å². The van der Waals surface area contributed by atoms with E-state index in [2.05, 4.69) is 0 Å². The van der Waals surface area contributed by atoms with Crippen molar-refractivity contribution in [2.24, 2.45) is 0 Å². The predicted octanol–water partition coefficient (Wildman–Crippen LogP) is -2.60. The molecule has 0 aromatic carbocycles. The number of rotatable bonds is 3. The maximum absolute atomic E-state index is 13.9. The fraction of sp³-hybridized carbons (Fsp3) is 0.571.